The van der Waals surface area contributed by atoms with E-state index in [4.69, 9.17) is 9.84 Å². The van der Waals surface area contributed by atoms with Crippen LogP contribution in [0.5, 0.6) is 5.75 Å². The van der Waals surface area contributed by atoms with Crippen molar-refractivity contribution in [1.82, 2.24) is 4.98 Å². The number of aromatic nitrogens is 1. The van der Waals surface area contributed by atoms with Crippen molar-refractivity contribution in [3.63, 3.8) is 0 Å². The van der Waals surface area contributed by atoms with Crippen LogP contribution in [0.25, 0.3) is 21.9 Å². The average molecular weight is 293 g/mol. The summed E-state index contributed by atoms with van der Waals surface area (Å²) in [6, 6.07) is 15.4. The number of hydrogen-bond acceptors (Lipinski definition) is 3. The van der Waals surface area contributed by atoms with Gasteiger partial charge in [0.25, 0.3) is 0 Å². The molecule has 4 heteroatoms. The molecule has 0 aliphatic carbocycles. The van der Waals surface area contributed by atoms with Crippen LogP contribution in [-0.4, -0.2) is 23.2 Å². The second-order valence-corrected chi connectivity index (χ2v) is 4.97. The van der Waals surface area contributed by atoms with Crippen LogP contribution < -0.4 is 4.74 Å². The number of fused-ring (bicyclic) bond motifs is 1. The largest absolute Gasteiger partial charge is 0.497 e. The molecule has 110 valence electrons. The van der Waals surface area contributed by atoms with Gasteiger partial charge in [-0.3, -0.25) is 9.78 Å². The van der Waals surface area contributed by atoms with E-state index in [0.717, 1.165) is 27.6 Å². The van der Waals surface area contributed by atoms with Gasteiger partial charge in [-0.05, 0) is 29.1 Å². The van der Waals surface area contributed by atoms with Crippen LogP contribution in [0, 0.1) is 0 Å². The second-order valence-electron chi connectivity index (χ2n) is 4.97. The van der Waals surface area contributed by atoms with Crippen molar-refractivity contribution in [3.05, 3.63) is 60.4 Å². The van der Waals surface area contributed by atoms with E-state index in [9.17, 15) is 4.79 Å². The molecule has 0 spiro atoms. The third-order valence-corrected chi connectivity index (χ3v) is 3.56. The number of rotatable bonds is 4. The molecular formula is C18H15NO3. The number of methoxy groups -OCH3 is 1. The van der Waals surface area contributed by atoms with E-state index >= 15 is 0 Å². The van der Waals surface area contributed by atoms with E-state index < -0.39 is 5.97 Å². The number of carbonyl (C=O) groups is 1. The molecule has 3 rings (SSSR count). The average Bonchev–Trinajstić information content (AvgIpc) is 2.54. The SMILES string of the molecule is COc1ccc2cnc(CC(=O)O)c(-c3ccccc3)c2c1. The fraction of sp³-hybridized carbons (Fsp3) is 0.111. The Labute approximate surface area is 128 Å². The van der Waals surface area contributed by atoms with Gasteiger partial charge >= 0.3 is 5.97 Å². The summed E-state index contributed by atoms with van der Waals surface area (Å²) in [4.78, 5) is 15.5. The lowest BCUT2D eigenvalue weighted by atomic mass is 9.96. The summed E-state index contributed by atoms with van der Waals surface area (Å²) < 4.78 is 5.30. The van der Waals surface area contributed by atoms with Gasteiger partial charge in [-0.1, -0.05) is 30.3 Å². The lowest BCUT2D eigenvalue weighted by Crippen LogP contribution is -2.05. The molecule has 0 saturated carbocycles. The van der Waals surface area contributed by atoms with Crippen LogP contribution in [-0.2, 0) is 11.2 Å². The summed E-state index contributed by atoms with van der Waals surface area (Å²) in [5, 5.41) is 11.0. The smallest absolute Gasteiger partial charge is 0.309 e. The molecule has 3 aromatic rings. The molecule has 0 bridgehead atoms. The molecule has 0 aliphatic heterocycles. The molecule has 1 N–H and O–H groups in total. The lowest BCUT2D eigenvalue weighted by Gasteiger charge is -2.12. The Hall–Kier alpha value is -2.88. The Morgan fingerprint density at radius 1 is 1.18 bits per heavy atom. The van der Waals surface area contributed by atoms with Gasteiger partial charge in [-0.15, -0.1) is 0 Å². The van der Waals surface area contributed by atoms with Crippen LogP contribution in [0.3, 0.4) is 0 Å². The van der Waals surface area contributed by atoms with Crippen molar-refractivity contribution < 1.29 is 14.6 Å². The molecule has 0 unspecified atom stereocenters. The molecule has 0 fully saturated rings. The van der Waals surface area contributed by atoms with Crippen molar-refractivity contribution in [2.24, 2.45) is 0 Å². The van der Waals surface area contributed by atoms with Crippen LogP contribution in [0.15, 0.2) is 54.7 Å². The van der Waals surface area contributed by atoms with E-state index in [-0.39, 0.29) is 6.42 Å². The van der Waals surface area contributed by atoms with Gasteiger partial charge in [0.15, 0.2) is 0 Å². The van der Waals surface area contributed by atoms with E-state index in [1.807, 2.05) is 48.5 Å². The zero-order valence-corrected chi connectivity index (χ0v) is 12.1. The highest BCUT2D eigenvalue weighted by Gasteiger charge is 2.14. The lowest BCUT2D eigenvalue weighted by molar-refractivity contribution is -0.136. The summed E-state index contributed by atoms with van der Waals surface area (Å²) in [5.74, 6) is -0.163. The Morgan fingerprint density at radius 2 is 1.95 bits per heavy atom. The van der Waals surface area contributed by atoms with Gasteiger partial charge < -0.3 is 9.84 Å². The number of pyridine rings is 1. The minimum Gasteiger partial charge on any atom is -0.497 e. The van der Waals surface area contributed by atoms with Crippen LogP contribution in [0.1, 0.15) is 5.69 Å². The minimum atomic E-state index is -0.896. The first kappa shape index (κ1) is 14.1. The third-order valence-electron chi connectivity index (χ3n) is 3.56. The van der Waals surface area contributed by atoms with Gasteiger partial charge in [0.1, 0.15) is 5.75 Å². The van der Waals surface area contributed by atoms with E-state index in [2.05, 4.69) is 4.98 Å². The second kappa shape index (κ2) is 5.85. The topological polar surface area (TPSA) is 59.4 Å². The third kappa shape index (κ3) is 2.63. The van der Waals surface area contributed by atoms with Crippen LogP contribution in [0.4, 0.5) is 0 Å². The van der Waals surface area contributed by atoms with Gasteiger partial charge in [0.2, 0.25) is 0 Å². The Bertz CT molecular complexity index is 828. The number of benzene rings is 2. The van der Waals surface area contributed by atoms with E-state index in [0.29, 0.717) is 5.69 Å². The first-order valence-electron chi connectivity index (χ1n) is 6.92. The molecule has 0 saturated heterocycles. The molecule has 22 heavy (non-hydrogen) atoms. The van der Waals surface area contributed by atoms with Gasteiger partial charge in [0, 0.05) is 17.1 Å². The molecule has 0 amide bonds. The maximum Gasteiger partial charge on any atom is 0.309 e. The molecular weight excluding hydrogens is 278 g/mol. The molecule has 4 nitrogen and oxygen atoms in total. The van der Waals surface area contributed by atoms with Crippen LogP contribution >= 0.6 is 0 Å². The highest BCUT2D eigenvalue weighted by molar-refractivity contribution is 5.98. The zero-order valence-electron chi connectivity index (χ0n) is 12.1. The van der Waals surface area contributed by atoms with Crippen molar-refractivity contribution in [2.75, 3.05) is 7.11 Å². The Kier molecular flexibility index (Phi) is 3.74. The van der Waals surface area contributed by atoms with Crippen molar-refractivity contribution in [2.45, 2.75) is 6.42 Å². The van der Waals surface area contributed by atoms with Gasteiger partial charge in [0.05, 0.1) is 19.2 Å². The standard InChI is InChI=1S/C18H15NO3/c1-22-14-8-7-13-11-19-16(10-17(20)21)18(15(13)9-14)12-5-3-2-4-6-12/h2-9,11H,10H2,1H3,(H,20,21). The summed E-state index contributed by atoms with van der Waals surface area (Å²) in [6.45, 7) is 0. The molecule has 0 aliphatic rings. The molecule has 0 radical (unpaired) electrons. The summed E-state index contributed by atoms with van der Waals surface area (Å²) in [7, 11) is 1.61. The Balaban J connectivity index is 2.33. The van der Waals surface area contributed by atoms with Crippen molar-refractivity contribution >= 4 is 16.7 Å². The van der Waals surface area contributed by atoms with Crippen LogP contribution in [0.2, 0.25) is 0 Å². The number of hydrogen-bond donors (Lipinski definition) is 1. The highest BCUT2D eigenvalue weighted by Crippen LogP contribution is 2.33. The number of aliphatic carboxylic acids is 1. The summed E-state index contributed by atoms with van der Waals surface area (Å²) in [6.07, 6.45) is 1.59. The van der Waals surface area contributed by atoms with Gasteiger partial charge in [-0.25, -0.2) is 0 Å². The Morgan fingerprint density at radius 3 is 2.64 bits per heavy atom. The van der Waals surface area contributed by atoms with Crippen molar-refractivity contribution in [1.29, 1.82) is 0 Å². The van der Waals surface area contributed by atoms with Crippen molar-refractivity contribution in [3.8, 4) is 16.9 Å². The zero-order chi connectivity index (χ0) is 15.5. The van der Waals surface area contributed by atoms with Gasteiger partial charge in [-0.2, -0.15) is 0 Å². The molecule has 1 heterocycles. The first-order valence-corrected chi connectivity index (χ1v) is 6.92. The minimum absolute atomic E-state index is 0.114. The predicted molar refractivity (Wildman–Crippen MR) is 85.1 cm³/mol. The summed E-state index contributed by atoms with van der Waals surface area (Å²) >= 11 is 0. The normalized spacial score (nSPS) is 10.6. The molecule has 0 atom stereocenters. The quantitative estimate of drug-likeness (QED) is 0.799. The van der Waals surface area contributed by atoms with E-state index in [1.54, 1.807) is 13.3 Å². The monoisotopic (exact) mass is 293 g/mol. The number of nitrogens with zero attached hydrogens (tertiary/aromatic N) is 1. The fourth-order valence-electron chi connectivity index (χ4n) is 2.56. The number of carboxylic acids is 1. The number of ether oxygens (including phenoxy) is 1. The maximum atomic E-state index is 11.1. The number of carboxylic acid groups (broad SMARTS) is 1. The predicted octanol–water partition coefficient (Wildman–Crippen LogP) is 3.54. The first-order chi connectivity index (χ1) is 10.7. The maximum absolute atomic E-state index is 11.1. The van der Waals surface area contributed by atoms with E-state index in [1.165, 1.54) is 0 Å². The molecule has 1 aromatic heterocycles. The highest BCUT2D eigenvalue weighted by atomic mass is 16.5. The molecule has 2 aromatic carbocycles. The fourth-order valence-corrected chi connectivity index (χ4v) is 2.56. The summed E-state index contributed by atoms with van der Waals surface area (Å²) in [5.41, 5.74) is 2.35.